The van der Waals surface area contributed by atoms with E-state index in [0.29, 0.717) is 36.7 Å². The summed E-state index contributed by atoms with van der Waals surface area (Å²) < 4.78 is 1.85. The molecule has 0 saturated carbocycles. The van der Waals surface area contributed by atoms with E-state index in [0.717, 1.165) is 6.42 Å². The number of benzene rings is 2. The number of aryl methyl sites for hydroxylation is 1. The number of rotatable bonds is 9. The molecule has 6 heteroatoms. The lowest BCUT2D eigenvalue weighted by Gasteiger charge is -2.13. The summed E-state index contributed by atoms with van der Waals surface area (Å²) >= 11 is 0. The second kappa shape index (κ2) is 10.2. The Kier molecular flexibility index (Phi) is 7.16. The molecule has 0 radical (unpaired) electrons. The van der Waals surface area contributed by atoms with Crippen LogP contribution < -0.4 is 10.6 Å². The largest absolute Gasteiger partial charge is 0.352 e. The Morgan fingerprint density at radius 2 is 1.93 bits per heavy atom. The number of aromatic nitrogens is 2. The van der Waals surface area contributed by atoms with Crippen molar-refractivity contribution in [1.29, 1.82) is 0 Å². The summed E-state index contributed by atoms with van der Waals surface area (Å²) in [7, 11) is 0. The summed E-state index contributed by atoms with van der Waals surface area (Å²) in [5.74, 6) is 0.130. The van der Waals surface area contributed by atoms with Gasteiger partial charge in [-0.25, -0.2) is 4.98 Å². The van der Waals surface area contributed by atoms with E-state index in [9.17, 15) is 9.59 Å². The smallest absolute Gasteiger partial charge is 0.251 e. The van der Waals surface area contributed by atoms with Gasteiger partial charge in [-0.05, 0) is 36.1 Å². The fourth-order valence-corrected chi connectivity index (χ4v) is 3.06. The van der Waals surface area contributed by atoms with Gasteiger partial charge in [-0.15, -0.1) is 0 Å². The van der Waals surface area contributed by atoms with Crippen molar-refractivity contribution in [3.05, 3.63) is 84.4 Å². The maximum atomic E-state index is 12.4. The van der Waals surface area contributed by atoms with Crippen LogP contribution in [0, 0.1) is 0 Å². The Hall–Kier alpha value is -3.41. The van der Waals surface area contributed by atoms with E-state index in [4.69, 9.17) is 0 Å². The zero-order chi connectivity index (χ0) is 20.5. The molecular weight excluding hydrogens is 364 g/mol. The fourth-order valence-electron chi connectivity index (χ4n) is 3.06. The molecule has 0 bridgehead atoms. The molecule has 3 aromatic rings. The highest BCUT2D eigenvalue weighted by atomic mass is 16.2. The molecule has 1 aromatic heterocycles. The Bertz CT molecular complexity index is 923. The molecule has 2 N–H and O–H groups in total. The minimum atomic E-state index is -0.139. The number of amides is 2. The molecule has 150 valence electrons. The van der Waals surface area contributed by atoms with Crippen LogP contribution >= 0.6 is 0 Å². The van der Waals surface area contributed by atoms with Crippen molar-refractivity contribution in [3.8, 4) is 0 Å². The van der Waals surface area contributed by atoms with E-state index in [1.54, 1.807) is 36.8 Å². The normalized spacial score (nSPS) is 11.6. The number of imidazole rings is 1. The summed E-state index contributed by atoms with van der Waals surface area (Å²) in [5, 5.41) is 5.80. The van der Waals surface area contributed by atoms with Crippen molar-refractivity contribution in [2.75, 3.05) is 11.9 Å². The SMILES string of the molecule is CC(CCNC(=O)c1cccc(NC(=O)CCn2ccnc2)c1)c1ccccc1. The van der Waals surface area contributed by atoms with E-state index in [1.807, 2.05) is 29.0 Å². The third kappa shape index (κ3) is 6.31. The van der Waals surface area contributed by atoms with Crippen molar-refractivity contribution in [2.45, 2.75) is 32.2 Å². The molecule has 6 nitrogen and oxygen atoms in total. The van der Waals surface area contributed by atoms with E-state index in [1.165, 1.54) is 5.56 Å². The molecule has 1 heterocycles. The number of carbonyl (C=O) groups excluding carboxylic acids is 2. The number of nitrogens with zero attached hydrogens (tertiary/aromatic N) is 2. The number of anilines is 1. The standard InChI is InChI=1S/C23H26N4O2/c1-18(19-6-3-2-4-7-19)10-12-25-23(29)20-8-5-9-21(16-20)26-22(28)11-14-27-15-13-24-17-27/h2-9,13,15-18H,10-12,14H2,1H3,(H,25,29)(H,26,28). The van der Waals surface area contributed by atoms with Gasteiger partial charge in [0.05, 0.1) is 6.33 Å². The van der Waals surface area contributed by atoms with Crippen LogP contribution in [0.3, 0.4) is 0 Å². The van der Waals surface area contributed by atoms with Crippen LogP contribution in [0.4, 0.5) is 5.69 Å². The molecule has 1 unspecified atom stereocenters. The lowest BCUT2D eigenvalue weighted by molar-refractivity contribution is -0.116. The fraction of sp³-hybridized carbons (Fsp3) is 0.261. The maximum Gasteiger partial charge on any atom is 0.251 e. The molecule has 3 rings (SSSR count). The Morgan fingerprint density at radius 3 is 2.69 bits per heavy atom. The van der Waals surface area contributed by atoms with Crippen LogP contribution in [0.25, 0.3) is 0 Å². The monoisotopic (exact) mass is 390 g/mol. The average Bonchev–Trinajstić information content (AvgIpc) is 3.26. The highest BCUT2D eigenvalue weighted by Gasteiger charge is 2.10. The summed E-state index contributed by atoms with van der Waals surface area (Å²) in [6.45, 7) is 3.31. The van der Waals surface area contributed by atoms with Gasteiger partial charge in [0.15, 0.2) is 0 Å². The highest BCUT2D eigenvalue weighted by molar-refractivity contribution is 5.97. The first-order chi connectivity index (χ1) is 14.1. The first-order valence-corrected chi connectivity index (χ1v) is 9.80. The first kappa shape index (κ1) is 20.3. The van der Waals surface area contributed by atoms with Crippen molar-refractivity contribution in [3.63, 3.8) is 0 Å². The molecule has 0 aliphatic rings. The highest BCUT2D eigenvalue weighted by Crippen LogP contribution is 2.17. The van der Waals surface area contributed by atoms with Crippen LogP contribution in [-0.4, -0.2) is 27.9 Å². The van der Waals surface area contributed by atoms with Gasteiger partial charge < -0.3 is 15.2 Å². The van der Waals surface area contributed by atoms with Crippen LogP contribution in [0.15, 0.2) is 73.3 Å². The maximum absolute atomic E-state index is 12.4. The van der Waals surface area contributed by atoms with Gasteiger partial charge in [-0.1, -0.05) is 43.3 Å². The topological polar surface area (TPSA) is 76.0 Å². The van der Waals surface area contributed by atoms with Gasteiger partial charge >= 0.3 is 0 Å². The predicted octanol–water partition coefficient (Wildman–Crippen LogP) is 3.84. The summed E-state index contributed by atoms with van der Waals surface area (Å²) in [4.78, 5) is 28.5. The predicted molar refractivity (Wildman–Crippen MR) is 114 cm³/mol. The summed E-state index contributed by atoms with van der Waals surface area (Å²) in [6.07, 6.45) is 6.37. The van der Waals surface area contributed by atoms with E-state index in [2.05, 4.69) is 34.7 Å². The second-order valence-electron chi connectivity index (χ2n) is 7.04. The third-order valence-electron chi connectivity index (χ3n) is 4.80. The molecular formula is C23H26N4O2. The van der Waals surface area contributed by atoms with Crippen LogP contribution in [0.1, 0.15) is 41.6 Å². The molecule has 2 amide bonds. The quantitative estimate of drug-likeness (QED) is 0.583. The Balaban J connectivity index is 1.46. The van der Waals surface area contributed by atoms with E-state index in [-0.39, 0.29) is 11.8 Å². The zero-order valence-corrected chi connectivity index (χ0v) is 16.5. The molecule has 0 spiro atoms. The summed E-state index contributed by atoms with van der Waals surface area (Å²) in [6, 6.07) is 17.3. The van der Waals surface area contributed by atoms with Gasteiger partial charge in [-0.2, -0.15) is 0 Å². The van der Waals surface area contributed by atoms with Gasteiger partial charge in [0.2, 0.25) is 5.91 Å². The van der Waals surface area contributed by atoms with Gasteiger partial charge in [0.1, 0.15) is 0 Å². The zero-order valence-electron chi connectivity index (χ0n) is 16.5. The molecule has 29 heavy (non-hydrogen) atoms. The average molecular weight is 390 g/mol. The van der Waals surface area contributed by atoms with Crippen molar-refractivity contribution in [2.24, 2.45) is 0 Å². The Morgan fingerprint density at radius 1 is 1.10 bits per heavy atom. The molecule has 2 aromatic carbocycles. The van der Waals surface area contributed by atoms with Gasteiger partial charge in [0, 0.05) is 43.2 Å². The number of hydrogen-bond acceptors (Lipinski definition) is 3. The van der Waals surface area contributed by atoms with Crippen LogP contribution in [-0.2, 0) is 11.3 Å². The van der Waals surface area contributed by atoms with E-state index >= 15 is 0 Å². The molecule has 0 saturated heterocycles. The second-order valence-corrected chi connectivity index (χ2v) is 7.04. The van der Waals surface area contributed by atoms with E-state index < -0.39 is 0 Å². The minimum absolute atomic E-state index is 0.104. The van der Waals surface area contributed by atoms with Gasteiger partial charge in [0.25, 0.3) is 5.91 Å². The lowest BCUT2D eigenvalue weighted by atomic mass is 9.98. The molecule has 1 atom stereocenters. The van der Waals surface area contributed by atoms with Gasteiger partial charge in [-0.3, -0.25) is 9.59 Å². The Labute approximate surface area is 171 Å². The van der Waals surface area contributed by atoms with Crippen molar-refractivity contribution < 1.29 is 9.59 Å². The number of hydrogen-bond donors (Lipinski definition) is 2. The van der Waals surface area contributed by atoms with Crippen molar-refractivity contribution in [1.82, 2.24) is 14.9 Å². The number of nitrogens with one attached hydrogen (secondary N) is 2. The van der Waals surface area contributed by atoms with Crippen LogP contribution in [0.5, 0.6) is 0 Å². The summed E-state index contributed by atoms with van der Waals surface area (Å²) in [5.41, 5.74) is 2.41. The third-order valence-corrected chi connectivity index (χ3v) is 4.80. The minimum Gasteiger partial charge on any atom is -0.352 e. The molecule has 0 aliphatic carbocycles. The lowest BCUT2D eigenvalue weighted by Crippen LogP contribution is -2.25. The molecule has 0 aliphatic heterocycles. The van der Waals surface area contributed by atoms with Crippen LogP contribution in [0.2, 0.25) is 0 Å². The van der Waals surface area contributed by atoms with Crippen molar-refractivity contribution >= 4 is 17.5 Å². The number of carbonyl (C=O) groups is 2. The molecule has 0 fully saturated rings. The first-order valence-electron chi connectivity index (χ1n) is 9.80.